The molecule has 0 unspecified atom stereocenters. The van der Waals surface area contributed by atoms with Crippen LogP contribution in [0.5, 0.6) is 0 Å². The zero-order chi connectivity index (χ0) is 18.2. The van der Waals surface area contributed by atoms with Crippen molar-refractivity contribution in [2.24, 2.45) is 0 Å². The molecule has 3 aromatic rings. The van der Waals surface area contributed by atoms with Crippen LogP contribution < -0.4 is 5.73 Å². The summed E-state index contributed by atoms with van der Waals surface area (Å²) in [6.07, 6.45) is 0. The number of nitrogens with zero attached hydrogens (tertiary/aromatic N) is 1. The second-order valence-corrected chi connectivity index (χ2v) is 7.84. The third kappa shape index (κ3) is 3.05. The van der Waals surface area contributed by atoms with Crippen LogP contribution >= 0.6 is 0 Å². The van der Waals surface area contributed by atoms with Gasteiger partial charge in [0.25, 0.3) is 0 Å². The molecule has 2 aromatic carbocycles. The Labute approximate surface area is 146 Å². The van der Waals surface area contributed by atoms with Crippen LogP contribution in [0.25, 0.3) is 0 Å². The highest BCUT2D eigenvalue weighted by Crippen LogP contribution is 2.33. The van der Waals surface area contributed by atoms with Crippen molar-refractivity contribution < 1.29 is 12.8 Å². The summed E-state index contributed by atoms with van der Waals surface area (Å²) < 4.78 is 40.8. The molecule has 25 heavy (non-hydrogen) atoms. The van der Waals surface area contributed by atoms with E-state index in [9.17, 15) is 12.8 Å². The predicted octanol–water partition coefficient (Wildman–Crippen LogP) is 3.71. The summed E-state index contributed by atoms with van der Waals surface area (Å²) >= 11 is 0. The van der Waals surface area contributed by atoms with E-state index in [2.05, 4.69) is 0 Å². The first kappa shape index (κ1) is 17.2. The van der Waals surface area contributed by atoms with E-state index < -0.39 is 9.84 Å². The lowest BCUT2D eigenvalue weighted by molar-refractivity contribution is 0.596. The molecule has 0 spiro atoms. The van der Waals surface area contributed by atoms with Gasteiger partial charge in [-0.25, -0.2) is 12.8 Å². The molecule has 130 valence electrons. The monoisotopic (exact) mass is 358 g/mol. The standard InChI is InChI=1S/C19H19FN2O2S/c1-13-14(2)22(12-15-8-10-16(20)11-9-15)19(21)18(13)25(23,24)17-6-4-3-5-7-17/h3-11H,12,21H2,1-2H3. The van der Waals surface area contributed by atoms with E-state index in [0.717, 1.165) is 11.3 Å². The second kappa shape index (κ2) is 6.37. The quantitative estimate of drug-likeness (QED) is 0.773. The Kier molecular flexibility index (Phi) is 4.39. The second-order valence-electron chi connectivity index (χ2n) is 5.95. The van der Waals surface area contributed by atoms with E-state index in [1.54, 1.807) is 54.0 Å². The summed E-state index contributed by atoms with van der Waals surface area (Å²) in [6.45, 7) is 3.96. The Morgan fingerprint density at radius 1 is 1.00 bits per heavy atom. The van der Waals surface area contributed by atoms with Gasteiger partial charge in [-0.3, -0.25) is 0 Å². The largest absolute Gasteiger partial charge is 0.384 e. The van der Waals surface area contributed by atoms with Crippen LogP contribution in [-0.2, 0) is 16.4 Å². The zero-order valence-corrected chi connectivity index (χ0v) is 14.8. The van der Waals surface area contributed by atoms with E-state index in [0.29, 0.717) is 12.1 Å². The Bertz CT molecular complexity index is 1010. The summed E-state index contributed by atoms with van der Waals surface area (Å²) in [5.74, 6) is -0.118. The van der Waals surface area contributed by atoms with Crippen molar-refractivity contribution in [3.8, 4) is 0 Å². The van der Waals surface area contributed by atoms with Gasteiger partial charge in [0.05, 0.1) is 4.90 Å². The van der Waals surface area contributed by atoms with E-state index in [-0.39, 0.29) is 21.4 Å². The van der Waals surface area contributed by atoms with Crippen molar-refractivity contribution in [2.45, 2.75) is 30.2 Å². The summed E-state index contributed by atoms with van der Waals surface area (Å²) in [7, 11) is -3.71. The van der Waals surface area contributed by atoms with Crippen molar-refractivity contribution in [2.75, 3.05) is 5.73 Å². The molecule has 0 aliphatic rings. The fourth-order valence-electron chi connectivity index (χ4n) is 2.89. The number of anilines is 1. The average molecular weight is 358 g/mol. The Balaban J connectivity index is 2.10. The van der Waals surface area contributed by atoms with Crippen LogP contribution in [0.15, 0.2) is 64.4 Å². The number of halogens is 1. The van der Waals surface area contributed by atoms with E-state index in [4.69, 9.17) is 5.73 Å². The maximum absolute atomic E-state index is 13.1. The van der Waals surface area contributed by atoms with Gasteiger partial charge >= 0.3 is 0 Å². The maximum atomic E-state index is 13.1. The van der Waals surface area contributed by atoms with Crippen molar-refractivity contribution in [3.63, 3.8) is 0 Å². The minimum Gasteiger partial charge on any atom is -0.384 e. The van der Waals surface area contributed by atoms with Gasteiger partial charge in [0, 0.05) is 12.2 Å². The van der Waals surface area contributed by atoms with Crippen molar-refractivity contribution in [1.29, 1.82) is 0 Å². The minimum atomic E-state index is -3.71. The predicted molar refractivity (Wildman–Crippen MR) is 95.7 cm³/mol. The molecule has 0 radical (unpaired) electrons. The van der Waals surface area contributed by atoms with Gasteiger partial charge in [-0.1, -0.05) is 30.3 Å². The summed E-state index contributed by atoms with van der Waals surface area (Å²) in [5.41, 5.74) is 8.46. The smallest absolute Gasteiger partial charge is 0.210 e. The number of benzene rings is 2. The molecule has 0 bridgehead atoms. The molecule has 6 heteroatoms. The summed E-state index contributed by atoms with van der Waals surface area (Å²) in [5, 5.41) is 0. The molecule has 0 saturated carbocycles. The highest BCUT2D eigenvalue weighted by atomic mass is 32.2. The molecule has 4 nitrogen and oxygen atoms in total. The van der Waals surface area contributed by atoms with Crippen LogP contribution in [-0.4, -0.2) is 13.0 Å². The van der Waals surface area contributed by atoms with Crippen molar-refractivity contribution in [1.82, 2.24) is 4.57 Å². The number of nitrogens with two attached hydrogens (primary N) is 1. The molecule has 3 rings (SSSR count). The molecule has 0 aliphatic carbocycles. The van der Waals surface area contributed by atoms with Gasteiger partial charge < -0.3 is 10.3 Å². The maximum Gasteiger partial charge on any atom is 0.210 e. The first-order chi connectivity index (χ1) is 11.8. The fraction of sp³-hybridized carbons (Fsp3) is 0.158. The van der Waals surface area contributed by atoms with Gasteiger partial charge in [-0.2, -0.15) is 0 Å². The molecule has 2 N–H and O–H groups in total. The third-order valence-corrected chi connectivity index (χ3v) is 6.33. The van der Waals surface area contributed by atoms with Crippen molar-refractivity contribution in [3.05, 3.63) is 77.2 Å². The lowest BCUT2D eigenvalue weighted by atomic mass is 10.2. The topological polar surface area (TPSA) is 65.1 Å². The van der Waals surface area contributed by atoms with Crippen molar-refractivity contribution >= 4 is 15.7 Å². The Hall–Kier alpha value is -2.60. The molecule has 0 atom stereocenters. The summed E-state index contributed by atoms with van der Waals surface area (Å²) in [4.78, 5) is 0.349. The number of rotatable bonds is 4. The first-order valence-corrected chi connectivity index (χ1v) is 9.30. The molecule has 0 aliphatic heterocycles. The molecular weight excluding hydrogens is 339 g/mol. The van der Waals surface area contributed by atoms with Gasteiger partial charge in [-0.05, 0) is 49.2 Å². The van der Waals surface area contributed by atoms with Crippen LogP contribution in [0.4, 0.5) is 10.2 Å². The SMILES string of the molecule is Cc1c(S(=O)(=O)c2ccccc2)c(N)n(Cc2ccc(F)cc2)c1C. The van der Waals surface area contributed by atoms with E-state index in [1.807, 2.05) is 6.92 Å². The summed E-state index contributed by atoms with van der Waals surface area (Å²) in [6, 6.07) is 14.3. The molecule has 1 aromatic heterocycles. The molecule has 0 saturated heterocycles. The van der Waals surface area contributed by atoms with E-state index >= 15 is 0 Å². The number of hydrogen-bond donors (Lipinski definition) is 1. The highest BCUT2D eigenvalue weighted by molar-refractivity contribution is 7.91. The Morgan fingerprint density at radius 3 is 2.20 bits per heavy atom. The van der Waals surface area contributed by atoms with Crippen LogP contribution in [0.2, 0.25) is 0 Å². The van der Waals surface area contributed by atoms with E-state index in [1.165, 1.54) is 12.1 Å². The highest BCUT2D eigenvalue weighted by Gasteiger charge is 2.28. The fourth-order valence-corrected chi connectivity index (χ4v) is 4.58. The third-order valence-electron chi connectivity index (χ3n) is 4.39. The number of hydrogen-bond acceptors (Lipinski definition) is 3. The lowest BCUT2D eigenvalue weighted by Crippen LogP contribution is -2.09. The molecular formula is C19H19FN2O2S. The molecule has 0 fully saturated rings. The minimum absolute atomic E-state index is 0.137. The first-order valence-electron chi connectivity index (χ1n) is 7.82. The number of aromatic nitrogens is 1. The number of sulfone groups is 1. The van der Waals surface area contributed by atoms with Gasteiger partial charge in [0.2, 0.25) is 9.84 Å². The average Bonchev–Trinajstić information content (AvgIpc) is 2.81. The van der Waals surface area contributed by atoms with Crippen LogP contribution in [0.3, 0.4) is 0 Å². The van der Waals surface area contributed by atoms with Gasteiger partial charge in [0.15, 0.2) is 0 Å². The van der Waals surface area contributed by atoms with Gasteiger partial charge in [-0.15, -0.1) is 0 Å². The van der Waals surface area contributed by atoms with Crippen LogP contribution in [0.1, 0.15) is 16.8 Å². The zero-order valence-electron chi connectivity index (χ0n) is 14.0. The molecule has 1 heterocycles. The molecule has 0 amide bonds. The normalized spacial score (nSPS) is 11.6. The lowest BCUT2D eigenvalue weighted by Gasteiger charge is -2.10. The number of nitrogen functional groups attached to an aromatic ring is 1. The van der Waals surface area contributed by atoms with Gasteiger partial charge in [0.1, 0.15) is 16.5 Å². The Morgan fingerprint density at radius 2 is 1.60 bits per heavy atom. The van der Waals surface area contributed by atoms with Crippen LogP contribution in [0, 0.1) is 19.7 Å².